The maximum atomic E-state index is 12.5. The lowest BCUT2D eigenvalue weighted by Gasteiger charge is -2.26. The fourth-order valence-corrected chi connectivity index (χ4v) is 4.86. The van der Waals surface area contributed by atoms with Crippen LogP contribution >= 0.6 is 23.2 Å². The van der Waals surface area contributed by atoms with Gasteiger partial charge in [-0.1, -0.05) is 31.2 Å². The highest BCUT2D eigenvalue weighted by Gasteiger charge is 2.27. The molecule has 34 heavy (non-hydrogen) atoms. The van der Waals surface area contributed by atoms with Gasteiger partial charge in [-0.25, -0.2) is 4.79 Å². The van der Waals surface area contributed by atoms with Gasteiger partial charge in [-0.2, -0.15) is 9.97 Å². The Balaban J connectivity index is 1.70. The Bertz CT molecular complexity index is 1000. The van der Waals surface area contributed by atoms with Crippen LogP contribution in [0.5, 0.6) is 5.88 Å². The van der Waals surface area contributed by atoms with Gasteiger partial charge in [0, 0.05) is 40.4 Å². The topological polar surface area (TPSA) is 78.7 Å². The predicted molar refractivity (Wildman–Crippen MR) is 138 cm³/mol. The van der Waals surface area contributed by atoms with E-state index >= 15 is 0 Å². The lowest BCUT2D eigenvalue weighted by Crippen LogP contribution is -2.37. The van der Waals surface area contributed by atoms with E-state index in [0.29, 0.717) is 54.8 Å². The first-order valence-electron chi connectivity index (χ1n) is 11.8. The Hall–Kier alpha value is -1.55. The Kier molecular flexibility index (Phi) is 8.76. The average molecular weight is 532 g/mol. The Labute approximate surface area is 212 Å². The molecule has 0 aliphatic carbocycles. The summed E-state index contributed by atoms with van der Waals surface area (Å²) in [6, 6.07) is 1.08. The molecule has 1 aliphatic rings. The number of amides is 1. The van der Waals surface area contributed by atoms with Gasteiger partial charge in [-0.15, -0.1) is 0 Å². The number of aromatic nitrogens is 3. The Morgan fingerprint density at radius 3 is 2.59 bits per heavy atom. The normalized spacial score (nSPS) is 17.6. The van der Waals surface area contributed by atoms with Crippen LogP contribution in [0.2, 0.25) is 36.0 Å². The van der Waals surface area contributed by atoms with Crippen molar-refractivity contribution in [3.05, 3.63) is 16.5 Å². The van der Waals surface area contributed by atoms with Crippen molar-refractivity contribution >= 4 is 48.4 Å². The third-order valence-electron chi connectivity index (χ3n) is 5.44. The van der Waals surface area contributed by atoms with Crippen molar-refractivity contribution in [3.63, 3.8) is 0 Å². The Morgan fingerprint density at radius 1 is 1.18 bits per heavy atom. The van der Waals surface area contributed by atoms with Crippen LogP contribution in [0, 0.1) is 0 Å². The number of likely N-dealkylation sites (tertiary alicyclic amines) is 1. The van der Waals surface area contributed by atoms with E-state index in [0.717, 1.165) is 18.9 Å². The second kappa shape index (κ2) is 11.0. The molecule has 0 N–H and O–H groups in total. The van der Waals surface area contributed by atoms with Crippen molar-refractivity contribution in [1.82, 2.24) is 19.4 Å². The number of carbonyl (C=O) groups excluding carboxylic acids is 1. The van der Waals surface area contributed by atoms with Crippen molar-refractivity contribution < 1.29 is 19.0 Å². The van der Waals surface area contributed by atoms with Crippen molar-refractivity contribution in [3.8, 4) is 5.88 Å². The van der Waals surface area contributed by atoms with Crippen LogP contribution in [0.25, 0.3) is 11.0 Å². The van der Waals surface area contributed by atoms with E-state index in [4.69, 9.17) is 37.4 Å². The number of carbonyl (C=O) groups is 1. The maximum absolute atomic E-state index is 12.5. The predicted octanol–water partition coefficient (Wildman–Crippen LogP) is 6.22. The molecule has 2 aromatic rings. The maximum Gasteiger partial charge on any atom is 0.410 e. The van der Waals surface area contributed by atoms with Gasteiger partial charge in [0.05, 0.1) is 10.4 Å². The van der Waals surface area contributed by atoms with Crippen LogP contribution in [-0.2, 0) is 16.2 Å². The second-order valence-electron chi connectivity index (χ2n) is 10.9. The zero-order chi connectivity index (χ0) is 25.1. The minimum Gasteiger partial charge on any atom is -0.474 e. The standard InChI is InChI=1S/C23H36Cl2N4O4Si/c1-23(2,3)33-22(30)28-10-7-8-16(9-11-28)32-20-18-17(24)14-29(19(18)26-21(25)27-20)15-31-12-13-34(4,5)6/h14,16H,7-13,15H2,1-6H3. The molecule has 190 valence electrons. The lowest BCUT2D eigenvalue weighted by atomic mass is 10.1. The van der Waals surface area contributed by atoms with E-state index in [1.807, 2.05) is 25.3 Å². The molecule has 1 atom stereocenters. The van der Waals surface area contributed by atoms with Gasteiger partial charge in [0.15, 0.2) is 5.65 Å². The van der Waals surface area contributed by atoms with Gasteiger partial charge in [0.1, 0.15) is 18.4 Å². The summed E-state index contributed by atoms with van der Waals surface area (Å²) in [5.74, 6) is 0.358. The zero-order valence-corrected chi connectivity index (χ0v) is 23.5. The molecule has 3 rings (SSSR count). The molecule has 11 heteroatoms. The fraction of sp³-hybridized carbons (Fsp3) is 0.696. The zero-order valence-electron chi connectivity index (χ0n) is 21.0. The fourth-order valence-electron chi connectivity index (χ4n) is 3.66. The molecule has 1 saturated heterocycles. The van der Waals surface area contributed by atoms with Crippen LogP contribution in [0.1, 0.15) is 40.0 Å². The van der Waals surface area contributed by atoms with Crippen molar-refractivity contribution in [2.45, 2.75) is 84.2 Å². The van der Waals surface area contributed by atoms with Crippen LogP contribution in [0.3, 0.4) is 0 Å². The van der Waals surface area contributed by atoms with Crippen LogP contribution in [-0.4, -0.2) is 65.0 Å². The number of rotatable bonds is 7. The molecular formula is C23H36Cl2N4O4Si. The molecule has 0 saturated carbocycles. The molecule has 1 amide bonds. The summed E-state index contributed by atoms with van der Waals surface area (Å²) in [5, 5.41) is 1.19. The summed E-state index contributed by atoms with van der Waals surface area (Å²) in [7, 11) is -1.17. The van der Waals surface area contributed by atoms with E-state index in [2.05, 4.69) is 29.6 Å². The number of fused-ring (bicyclic) bond motifs is 1. The number of halogens is 2. The molecule has 0 bridgehead atoms. The highest BCUT2D eigenvalue weighted by atomic mass is 35.5. The Morgan fingerprint density at radius 2 is 1.91 bits per heavy atom. The van der Waals surface area contributed by atoms with Crippen molar-refractivity contribution in [2.75, 3.05) is 19.7 Å². The number of hydrogen-bond acceptors (Lipinski definition) is 6. The molecule has 0 aromatic carbocycles. The smallest absolute Gasteiger partial charge is 0.410 e. The summed E-state index contributed by atoms with van der Waals surface area (Å²) in [6.07, 6.45) is 3.58. The van der Waals surface area contributed by atoms with Gasteiger partial charge >= 0.3 is 6.09 Å². The van der Waals surface area contributed by atoms with E-state index in [9.17, 15) is 4.79 Å². The minimum absolute atomic E-state index is 0.0876. The summed E-state index contributed by atoms with van der Waals surface area (Å²) >= 11 is 12.8. The molecule has 1 unspecified atom stereocenters. The van der Waals surface area contributed by atoms with E-state index < -0.39 is 13.7 Å². The summed E-state index contributed by atoms with van der Waals surface area (Å²) in [6.45, 7) is 14.7. The van der Waals surface area contributed by atoms with E-state index in [1.165, 1.54) is 0 Å². The van der Waals surface area contributed by atoms with Crippen LogP contribution in [0.15, 0.2) is 6.20 Å². The molecule has 0 spiro atoms. The molecule has 1 aliphatic heterocycles. The highest BCUT2D eigenvalue weighted by molar-refractivity contribution is 6.76. The average Bonchev–Trinajstić information content (AvgIpc) is 2.85. The number of ether oxygens (including phenoxy) is 3. The van der Waals surface area contributed by atoms with Gasteiger partial charge in [-0.05, 0) is 51.3 Å². The number of hydrogen-bond donors (Lipinski definition) is 0. The molecule has 1 fully saturated rings. The molecule has 2 aromatic heterocycles. The van der Waals surface area contributed by atoms with Crippen molar-refractivity contribution in [2.24, 2.45) is 0 Å². The van der Waals surface area contributed by atoms with E-state index in [-0.39, 0.29) is 17.5 Å². The van der Waals surface area contributed by atoms with E-state index in [1.54, 1.807) is 11.1 Å². The van der Waals surface area contributed by atoms with Gasteiger partial charge in [0.2, 0.25) is 11.2 Å². The quantitative estimate of drug-likeness (QED) is 0.240. The SMILES string of the molecule is CC(C)(C)OC(=O)N1CCCC(Oc2nc(Cl)nc3c2c(Cl)cn3COCC[Si](C)(C)C)CC1. The third kappa shape index (κ3) is 7.73. The molecule has 3 heterocycles. The second-order valence-corrected chi connectivity index (χ2v) is 17.3. The first kappa shape index (κ1) is 27.0. The highest BCUT2D eigenvalue weighted by Crippen LogP contribution is 2.34. The van der Waals surface area contributed by atoms with Gasteiger partial charge in [0.25, 0.3) is 0 Å². The summed E-state index contributed by atoms with van der Waals surface area (Å²) in [4.78, 5) is 22.9. The van der Waals surface area contributed by atoms with Crippen LogP contribution < -0.4 is 4.74 Å². The third-order valence-corrected chi connectivity index (χ3v) is 7.60. The summed E-state index contributed by atoms with van der Waals surface area (Å²) in [5.41, 5.74) is 0.0577. The number of nitrogens with zero attached hydrogens (tertiary/aromatic N) is 4. The molecular weight excluding hydrogens is 495 g/mol. The lowest BCUT2D eigenvalue weighted by molar-refractivity contribution is 0.0252. The first-order valence-corrected chi connectivity index (χ1v) is 16.2. The largest absolute Gasteiger partial charge is 0.474 e. The molecule has 0 radical (unpaired) electrons. The monoisotopic (exact) mass is 530 g/mol. The first-order chi connectivity index (χ1) is 15.8. The van der Waals surface area contributed by atoms with Gasteiger partial charge in [-0.3, -0.25) is 0 Å². The van der Waals surface area contributed by atoms with Gasteiger partial charge < -0.3 is 23.7 Å². The van der Waals surface area contributed by atoms with Crippen molar-refractivity contribution in [1.29, 1.82) is 0 Å². The minimum atomic E-state index is -1.17. The molecule has 8 nitrogen and oxygen atoms in total. The van der Waals surface area contributed by atoms with Crippen LogP contribution in [0.4, 0.5) is 4.79 Å². The summed E-state index contributed by atoms with van der Waals surface area (Å²) < 4.78 is 19.5.